The second-order valence-corrected chi connectivity index (χ2v) is 7.72. The summed E-state index contributed by atoms with van der Waals surface area (Å²) in [5.74, 6) is 0. The van der Waals surface area contributed by atoms with Crippen molar-refractivity contribution in [1.82, 2.24) is 9.62 Å². The van der Waals surface area contributed by atoms with Gasteiger partial charge in [0.05, 0.1) is 5.02 Å². The molecule has 1 aromatic rings. The Morgan fingerprint density at radius 3 is 2.81 bits per heavy atom. The summed E-state index contributed by atoms with van der Waals surface area (Å²) in [7, 11) is -1.64. The van der Waals surface area contributed by atoms with Crippen molar-refractivity contribution in [3.63, 3.8) is 0 Å². The molecule has 21 heavy (non-hydrogen) atoms. The lowest BCUT2D eigenvalue weighted by atomic mass is 10.2. The number of rotatable bonds is 5. The van der Waals surface area contributed by atoms with Crippen LogP contribution in [0.1, 0.15) is 18.4 Å². The zero-order valence-corrected chi connectivity index (χ0v) is 14.1. The molecule has 1 atom stereocenters. The van der Waals surface area contributed by atoms with Crippen LogP contribution in [-0.2, 0) is 10.0 Å². The van der Waals surface area contributed by atoms with Crippen molar-refractivity contribution in [3.05, 3.63) is 28.8 Å². The smallest absolute Gasteiger partial charge is 0.242 e. The largest absolute Gasteiger partial charge is 0.389 e. The quantitative estimate of drug-likeness (QED) is 0.786. The first-order valence-electron chi connectivity index (χ1n) is 6.60. The molecular formula is C13H18ClN3O2S2. The lowest BCUT2D eigenvalue weighted by Crippen LogP contribution is -2.38. The molecular weight excluding hydrogens is 330 g/mol. The number of hydrogen-bond acceptors (Lipinski definition) is 4. The molecule has 1 aliphatic rings. The van der Waals surface area contributed by atoms with E-state index in [0.717, 1.165) is 19.4 Å². The molecule has 1 aromatic carbocycles. The number of thiocarbonyl (C=S) groups is 1. The van der Waals surface area contributed by atoms with E-state index in [0.29, 0.717) is 12.1 Å². The highest BCUT2D eigenvalue weighted by Gasteiger charge is 2.24. The molecule has 1 heterocycles. The van der Waals surface area contributed by atoms with Crippen LogP contribution in [0.4, 0.5) is 0 Å². The highest BCUT2D eigenvalue weighted by Crippen LogP contribution is 2.23. The van der Waals surface area contributed by atoms with E-state index in [-0.39, 0.29) is 20.9 Å². The molecule has 0 amide bonds. The predicted octanol–water partition coefficient (Wildman–Crippen LogP) is 1.35. The van der Waals surface area contributed by atoms with E-state index >= 15 is 0 Å². The van der Waals surface area contributed by atoms with Crippen LogP contribution in [0.25, 0.3) is 0 Å². The highest BCUT2D eigenvalue weighted by molar-refractivity contribution is 7.89. The van der Waals surface area contributed by atoms with Gasteiger partial charge >= 0.3 is 0 Å². The van der Waals surface area contributed by atoms with Crippen molar-refractivity contribution < 1.29 is 8.42 Å². The first kappa shape index (κ1) is 16.6. The van der Waals surface area contributed by atoms with Crippen LogP contribution >= 0.6 is 23.8 Å². The molecule has 0 radical (unpaired) electrons. The summed E-state index contributed by atoms with van der Waals surface area (Å²) in [4.78, 5) is 2.38. The maximum Gasteiger partial charge on any atom is 0.242 e. The van der Waals surface area contributed by atoms with Gasteiger partial charge in [0, 0.05) is 18.2 Å². The molecule has 1 saturated heterocycles. The van der Waals surface area contributed by atoms with Crippen LogP contribution in [0.3, 0.4) is 0 Å². The number of sulfonamides is 1. The molecule has 8 heteroatoms. The van der Waals surface area contributed by atoms with Gasteiger partial charge in [-0.25, -0.2) is 13.1 Å². The third kappa shape index (κ3) is 3.92. The van der Waals surface area contributed by atoms with Crippen LogP contribution in [0.2, 0.25) is 5.02 Å². The van der Waals surface area contributed by atoms with Crippen LogP contribution in [0.15, 0.2) is 23.1 Å². The SMILES string of the molecule is CN1CCCC1CNS(=O)(=O)c1ccc(C(N)=S)cc1Cl. The molecule has 1 aliphatic heterocycles. The Morgan fingerprint density at radius 1 is 1.57 bits per heavy atom. The Balaban J connectivity index is 2.14. The zero-order chi connectivity index (χ0) is 15.6. The van der Waals surface area contributed by atoms with Crippen molar-refractivity contribution >= 4 is 38.8 Å². The van der Waals surface area contributed by atoms with Crippen molar-refractivity contribution in [3.8, 4) is 0 Å². The Hall–Kier alpha value is -0.730. The fraction of sp³-hybridized carbons (Fsp3) is 0.462. The summed E-state index contributed by atoms with van der Waals surface area (Å²) in [6.45, 7) is 1.38. The van der Waals surface area contributed by atoms with E-state index in [9.17, 15) is 8.42 Å². The summed E-state index contributed by atoms with van der Waals surface area (Å²) in [6, 6.07) is 4.69. The Morgan fingerprint density at radius 2 is 2.29 bits per heavy atom. The molecule has 0 bridgehead atoms. The first-order valence-corrected chi connectivity index (χ1v) is 8.87. The number of benzene rings is 1. The lowest BCUT2D eigenvalue weighted by molar-refractivity contribution is 0.311. The topological polar surface area (TPSA) is 75.4 Å². The van der Waals surface area contributed by atoms with E-state index in [1.165, 1.54) is 12.1 Å². The Kier molecular flexibility index (Phi) is 5.21. The number of likely N-dealkylation sites (tertiary alicyclic amines) is 1. The number of nitrogens with one attached hydrogen (secondary N) is 1. The maximum atomic E-state index is 12.3. The monoisotopic (exact) mass is 347 g/mol. The van der Waals surface area contributed by atoms with E-state index in [1.807, 2.05) is 7.05 Å². The average Bonchev–Trinajstić information content (AvgIpc) is 2.81. The fourth-order valence-corrected chi connectivity index (χ4v) is 4.14. The normalized spacial score (nSPS) is 19.8. The summed E-state index contributed by atoms with van der Waals surface area (Å²) in [6.07, 6.45) is 2.08. The zero-order valence-electron chi connectivity index (χ0n) is 11.7. The van der Waals surface area contributed by atoms with Crippen LogP contribution in [0, 0.1) is 0 Å². The van der Waals surface area contributed by atoms with Gasteiger partial charge in [-0.05, 0) is 38.6 Å². The van der Waals surface area contributed by atoms with Crippen molar-refractivity contribution in [2.24, 2.45) is 5.73 Å². The maximum absolute atomic E-state index is 12.3. The fourth-order valence-electron chi connectivity index (χ4n) is 2.39. The van der Waals surface area contributed by atoms with Crippen molar-refractivity contribution in [1.29, 1.82) is 0 Å². The summed E-state index contributed by atoms with van der Waals surface area (Å²) >= 11 is 10.9. The number of likely N-dealkylation sites (N-methyl/N-ethyl adjacent to an activating group) is 1. The second-order valence-electron chi connectivity index (χ2n) is 5.14. The van der Waals surface area contributed by atoms with Gasteiger partial charge in [0.2, 0.25) is 10.0 Å². The summed E-state index contributed by atoms with van der Waals surface area (Å²) in [5, 5.41) is 0.118. The third-order valence-electron chi connectivity index (χ3n) is 3.69. The van der Waals surface area contributed by atoms with E-state index < -0.39 is 10.0 Å². The third-order valence-corrected chi connectivity index (χ3v) is 5.83. The molecule has 3 N–H and O–H groups in total. The van der Waals surface area contributed by atoms with Crippen molar-refractivity contribution in [2.45, 2.75) is 23.8 Å². The van der Waals surface area contributed by atoms with Crippen LogP contribution in [-0.4, -0.2) is 44.5 Å². The van der Waals surface area contributed by atoms with Gasteiger partial charge in [-0.3, -0.25) is 0 Å². The number of nitrogens with zero attached hydrogens (tertiary/aromatic N) is 1. The van der Waals surface area contributed by atoms with Crippen LogP contribution in [0.5, 0.6) is 0 Å². The molecule has 1 unspecified atom stereocenters. The minimum atomic E-state index is -3.64. The standard InChI is InChI=1S/C13H18ClN3O2S2/c1-17-6-2-3-10(17)8-16-21(18,19)12-5-4-9(13(15)20)7-11(12)14/h4-5,7,10,16H,2-3,6,8H2,1H3,(H2,15,20). The van der Waals surface area contributed by atoms with Crippen LogP contribution < -0.4 is 10.5 Å². The molecule has 5 nitrogen and oxygen atoms in total. The second kappa shape index (κ2) is 6.58. The molecule has 1 fully saturated rings. The first-order chi connectivity index (χ1) is 9.81. The molecule has 116 valence electrons. The Labute approximate surface area is 135 Å². The average molecular weight is 348 g/mol. The minimum Gasteiger partial charge on any atom is -0.389 e. The van der Waals surface area contributed by atoms with Gasteiger partial charge in [0.25, 0.3) is 0 Å². The highest BCUT2D eigenvalue weighted by atomic mass is 35.5. The number of hydrogen-bond donors (Lipinski definition) is 2. The van der Waals surface area contributed by atoms with Gasteiger partial charge < -0.3 is 10.6 Å². The molecule has 0 spiro atoms. The van der Waals surface area contributed by atoms with Gasteiger partial charge in [-0.2, -0.15) is 0 Å². The summed E-state index contributed by atoms with van der Waals surface area (Å²) in [5.41, 5.74) is 6.05. The summed E-state index contributed by atoms with van der Waals surface area (Å²) < 4.78 is 27.3. The number of halogens is 1. The van der Waals surface area contributed by atoms with E-state index in [2.05, 4.69) is 9.62 Å². The molecule has 0 aliphatic carbocycles. The van der Waals surface area contributed by atoms with Gasteiger partial charge in [0.15, 0.2) is 0 Å². The molecule has 2 rings (SSSR count). The molecule has 0 saturated carbocycles. The lowest BCUT2D eigenvalue weighted by Gasteiger charge is -2.20. The Bertz CT molecular complexity index is 649. The molecule has 0 aromatic heterocycles. The number of nitrogens with two attached hydrogens (primary N) is 1. The minimum absolute atomic E-state index is 0.0461. The van der Waals surface area contributed by atoms with E-state index in [1.54, 1.807) is 6.07 Å². The van der Waals surface area contributed by atoms with E-state index in [4.69, 9.17) is 29.6 Å². The van der Waals surface area contributed by atoms with Gasteiger partial charge in [-0.15, -0.1) is 0 Å². The van der Waals surface area contributed by atoms with Gasteiger partial charge in [0.1, 0.15) is 9.88 Å². The van der Waals surface area contributed by atoms with Gasteiger partial charge in [-0.1, -0.05) is 29.9 Å². The van der Waals surface area contributed by atoms with Crippen molar-refractivity contribution in [2.75, 3.05) is 20.1 Å². The predicted molar refractivity (Wildman–Crippen MR) is 88.2 cm³/mol.